The third kappa shape index (κ3) is 2.79. The first-order chi connectivity index (χ1) is 9.24. The standard InChI is InChI=1S/C16H19FN2/c17-16-5-4-14(7-15(16)8-18)11-19-9-12-2-1-3-13(6-12)10-19/h4-5,7,12-13H,1-3,6,9-11H2. The van der Waals surface area contributed by atoms with Crippen molar-refractivity contribution >= 4 is 0 Å². The molecule has 3 rings (SSSR count). The molecule has 1 heterocycles. The van der Waals surface area contributed by atoms with Gasteiger partial charge in [-0.1, -0.05) is 12.5 Å². The number of fused-ring (bicyclic) bond motifs is 2. The Hall–Kier alpha value is -1.40. The van der Waals surface area contributed by atoms with Gasteiger partial charge in [-0.15, -0.1) is 0 Å². The molecule has 0 amide bonds. The van der Waals surface area contributed by atoms with Gasteiger partial charge >= 0.3 is 0 Å². The summed E-state index contributed by atoms with van der Waals surface area (Å²) in [4.78, 5) is 2.48. The SMILES string of the molecule is N#Cc1cc(CN2CC3CCCC(C3)C2)ccc1F. The van der Waals surface area contributed by atoms with Crippen LogP contribution in [0.25, 0.3) is 0 Å². The van der Waals surface area contributed by atoms with Crippen molar-refractivity contribution in [3.8, 4) is 6.07 Å². The lowest BCUT2D eigenvalue weighted by molar-refractivity contribution is 0.0808. The van der Waals surface area contributed by atoms with Crippen LogP contribution in [0.3, 0.4) is 0 Å². The Morgan fingerprint density at radius 3 is 2.68 bits per heavy atom. The molecule has 0 N–H and O–H groups in total. The molecule has 2 nitrogen and oxygen atoms in total. The zero-order valence-electron chi connectivity index (χ0n) is 11.1. The van der Waals surface area contributed by atoms with E-state index in [1.54, 1.807) is 12.1 Å². The molecule has 1 aliphatic carbocycles. The van der Waals surface area contributed by atoms with Crippen molar-refractivity contribution in [2.75, 3.05) is 13.1 Å². The zero-order chi connectivity index (χ0) is 13.2. The number of hydrogen-bond acceptors (Lipinski definition) is 2. The van der Waals surface area contributed by atoms with Crippen LogP contribution in [0.1, 0.15) is 36.8 Å². The van der Waals surface area contributed by atoms with Crippen LogP contribution in [0.4, 0.5) is 4.39 Å². The summed E-state index contributed by atoms with van der Waals surface area (Å²) in [5, 5.41) is 8.88. The second-order valence-electron chi connectivity index (χ2n) is 6.02. The highest BCUT2D eigenvalue weighted by molar-refractivity contribution is 5.34. The van der Waals surface area contributed by atoms with Crippen LogP contribution in [-0.4, -0.2) is 18.0 Å². The number of likely N-dealkylation sites (tertiary alicyclic amines) is 1. The van der Waals surface area contributed by atoms with Crippen LogP contribution < -0.4 is 0 Å². The molecule has 100 valence electrons. The molecular formula is C16H19FN2. The average molecular weight is 258 g/mol. The Balaban J connectivity index is 1.70. The molecule has 0 radical (unpaired) electrons. The van der Waals surface area contributed by atoms with Crippen LogP contribution in [0, 0.1) is 29.0 Å². The molecule has 2 fully saturated rings. The highest BCUT2D eigenvalue weighted by atomic mass is 19.1. The Labute approximate surface area is 113 Å². The van der Waals surface area contributed by atoms with E-state index in [-0.39, 0.29) is 5.56 Å². The first-order valence-electron chi connectivity index (χ1n) is 7.15. The fraction of sp³-hybridized carbons (Fsp3) is 0.562. The Morgan fingerprint density at radius 1 is 1.26 bits per heavy atom. The maximum absolute atomic E-state index is 13.3. The van der Waals surface area contributed by atoms with Crippen molar-refractivity contribution in [3.05, 3.63) is 35.1 Å². The molecule has 0 aromatic heterocycles. The summed E-state index contributed by atoms with van der Waals surface area (Å²) in [5.41, 5.74) is 1.22. The molecule has 0 spiro atoms. The molecule has 19 heavy (non-hydrogen) atoms. The van der Waals surface area contributed by atoms with E-state index in [4.69, 9.17) is 5.26 Å². The van der Waals surface area contributed by atoms with Crippen LogP contribution in [0.2, 0.25) is 0 Å². The molecule has 2 bridgehead atoms. The summed E-state index contributed by atoms with van der Waals surface area (Å²) in [6.07, 6.45) is 5.50. The second kappa shape index (κ2) is 5.30. The predicted octanol–water partition coefficient (Wildman–Crippen LogP) is 3.32. The maximum Gasteiger partial charge on any atom is 0.140 e. The van der Waals surface area contributed by atoms with E-state index in [0.29, 0.717) is 0 Å². The number of halogens is 1. The van der Waals surface area contributed by atoms with Crippen molar-refractivity contribution in [3.63, 3.8) is 0 Å². The Bertz CT molecular complexity index is 494. The smallest absolute Gasteiger partial charge is 0.140 e. The van der Waals surface area contributed by atoms with Gasteiger partial charge in [-0.25, -0.2) is 4.39 Å². The molecule has 1 aromatic carbocycles. The van der Waals surface area contributed by atoms with Gasteiger partial charge in [-0.3, -0.25) is 4.90 Å². The fourth-order valence-corrected chi connectivity index (χ4v) is 3.68. The Morgan fingerprint density at radius 2 is 2.00 bits per heavy atom. The van der Waals surface area contributed by atoms with Gasteiger partial charge in [-0.2, -0.15) is 5.26 Å². The van der Waals surface area contributed by atoms with Gasteiger partial charge in [0.05, 0.1) is 5.56 Å². The quantitative estimate of drug-likeness (QED) is 0.813. The largest absolute Gasteiger partial charge is 0.299 e. The van der Waals surface area contributed by atoms with Gasteiger partial charge in [0.25, 0.3) is 0 Å². The minimum Gasteiger partial charge on any atom is -0.299 e. The fourth-order valence-electron chi connectivity index (χ4n) is 3.68. The number of nitriles is 1. The maximum atomic E-state index is 13.3. The summed E-state index contributed by atoms with van der Waals surface area (Å²) in [7, 11) is 0. The number of benzene rings is 1. The lowest BCUT2D eigenvalue weighted by atomic mass is 9.78. The third-order valence-electron chi connectivity index (χ3n) is 4.48. The molecule has 1 aromatic rings. The van der Waals surface area contributed by atoms with Gasteiger partial charge in [0.2, 0.25) is 0 Å². The molecule has 1 saturated heterocycles. The highest BCUT2D eigenvalue weighted by Crippen LogP contribution is 2.34. The van der Waals surface area contributed by atoms with Crippen LogP contribution >= 0.6 is 0 Å². The van der Waals surface area contributed by atoms with Gasteiger partial charge in [0.15, 0.2) is 0 Å². The van der Waals surface area contributed by atoms with Crippen molar-refractivity contribution in [1.29, 1.82) is 5.26 Å². The normalized spacial score (nSPS) is 26.9. The molecule has 2 atom stereocenters. The van der Waals surface area contributed by atoms with E-state index in [2.05, 4.69) is 4.90 Å². The van der Waals surface area contributed by atoms with E-state index in [1.807, 2.05) is 6.07 Å². The molecule has 1 saturated carbocycles. The van der Waals surface area contributed by atoms with Gasteiger partial charge < -0.3 is 0 Å². The lowest BCUT2D eigenvalue weighted by Gasteiger charge is -2.41. The van der Waals surface area contributed by atoms with Gasteiger partial charge in [-0.05, 0) is 48.8 Å². The van der Waals surface area contributed by atoms with Crippen LogP contribution in [-0.2, 0) is 6.54 Å². The van der Waals surface area contributed by atoms with Gasteiger partial charge in [0, 0.05) is 19.6 Å². The topological polar surface area (TPSA) is 27.0 Å². The molecule has 2 unspecified atom stereocenters. The summed E-state index contributed by atoms with van der Waals surface area (Å²) in [6, 6.07) is 6.83. The molecule has 3 heteroatoms. The number of rotatable bonds is 2. The van der Waals surface area contributed by atoms with Gasteiger partial charge in [0.1, 0.15) is 11.9 Å². The zero-order valence-corrected chi connectivity index (χ0v) is 11.1. The van der Waals surface area contributed by atoms with E-state index in [9.17, 15) is 4.39 Å². The van der Waals surface area contributed by atoms with E-state index < -0.39 is 5.82 Å². The predicted molar refractivity (Wildman–Crippen MR) is 71.8 cm³/mol. The number of nitrogens with zero attached hydrogens (tertiary/aromatic N) is 2. The highest BCUT2D eigenvalue weighted by Gasteiger charge is 2.30. The van der Waals surface area contributed by atoms with Crippen molar-refractivity contribution in [2.24, 2.45) is 11.8 Å². The third-order valence-corrected chi connectivity index (χ3v) is 4.48. The first kappa shape index (κ1) is 12.6. The number of piperidine rings is 1. The summed E-state index contributed by atoms with van der Waals surface area (Å²) in [5.74, 6) is 1.29. The average Bonchev–Trinajstić information content (AvgIpc) is 2.40. The lowest BCUT2D eigenvalue weighted by Crippen LogP contribution is -2.42. The number of hydrogen-bond donors (Lipinski definition) is 0. The summed E-state index contributed by atoms with van der Waals surface area (Å²) >= 11 is 0. The second-order valence-corrected chi connectivity index (χ2v) is 6.02. The van der Waals surface area contributed by atoms with E-state index in [1.165, 1.54) is 31.7 Å². The molecule has 2 aliphatic rings. The first-order valence-corrected chi connectivity index (χ1v) is 7.15. The molecule has 1 aliphatic heterocycles. The van der Waals surface area contributed by atoms with Crippen molar-refractivity contribution in [2.45, 2.75) is 32.2 Å². The summed E-state index contributed by atoms with van der Waals surface area (Å²) in [6.45, 7) is 3.17. The van der Waals surface area contributed by atoms with E-state index in [0.717, 1.165) is 37.0 Å². The van der Waals surface area contributed by atoms with Crippen molar-refractivity contribution in [1.82, 2.24) is 4.90 Å². The summed E-state index contributed by atoms with van der Waals surface area (Å²) < 4.78 is 13.3. The van der Waals surface area contributed by atoms with E-state index >= 15 is 0 Å². The minimum atomic E-state index is -0.415. The van der Waals surface area contributed by atoms with Crippen LogP contribution in [0.5, 0.6) is 0 Å². The van der Waals surface area contributed by atoms with Crippen molar-refractivity contribution < 1.29 is 4.39 Å². The van der Waals surface area contributed by atoms with Crippen LogP contribution in [0.15, 0.2) is 18.2 Å². The molecular weight excluding hydrogens is 239 g/mol. The monoisotopic (exact) mass is 258 g/mol. The Kier molecular flexibility index (Phi) is 3.52. The minimum absolute atomic E-state index is 0.162.